The van der Waals surface area contributed by atoms with Crippen molar-refractivity contribution in [3.05, 3.63) is 0 Å². The van der Waals surface area contributed by atoms with Crippen LogP contribution >= 0.6 is 0 Å². The van der Waals surface area contributed by atoms with Crippen molar-refractivity contribution >= 4 is 5.97 Å². The monoisotopic (exact) mass is 260 g/mol. The molecule has 0 bridgehead atoms. The highest BCUT2D eigenvalue weighted by molar-refractivity contribution is 5.75. The second-order valence-electron chi connectivity index (χ2n) is 6.07. The van der Waals surface area contributed by atoms with Crippen molar-refractivity contribution in [2.24, 2.45) is 5.41 Å². The lowest BCUT2D eigenvalue weighted by atomic mass is 9.97. The van der Waals surface area contributed by atoms with Gasteiger partial charge in [0.2, 0.25) is 0 Å². The normalized spacial score (nSPS) is 27.2. The lowest BCUT2D eigenvalue weighted by Crippen LogP contribution is -2.29. The fourth-order valence-corrected chi connectivity index (χ4v) is 1.79. The predicted octanol–water partition coefficient (Wildman–Crippen LogP) is 1.48. The van der Waals surface area contributed by atoms with Crippen LogP contribution in [-0.2, 0) is 19.0 Å². The van der Waals surface area contributed by atoms with Crippen LogP contribution in [0.15, 0.2) is 0 Å². The maximum Gasteiger partial charge on any atom is 0.311 e. The summed E-state index contributed by atoms with van der Waals surface area (Å²) in [6.45, 7) is 9.21. The first kappa shape index (κ1) is 15.4. The highest BCUT2D eigenvalue weighted by Crippen LogP contribution is 2.29. The van der Waals surface area contributed by atoms with Gasteiger partial charge in [-0.15, -0.1) is 0 Å². The molecule has 1 heterocycles. The molecule has 1 fully saturated rings. The summed E-state index contributed by atoms with van der Waals surface area (Å²) in [6.07, 6.45) is -0.0673. The van der Waals surface area contributed by atoms with Crippen LogP contribution in [0, 0.1) is 5.41 Å². The first-order valence-corrected chi connectivity index (χ1v) is 6.29. The zero-order valence-corrected chi connectivity index (χ0v) is 11.9. The largest absolute Gasteiger partial charge is 0.465 e. The van der Waals surface area contributed by atoms with Gasteiger partial charge in [0, 0.05) is 6.42 Å². The van der Waals surface area contributed by atoms with Gasteiger partial charge in [0.05, 0.1) is 24.7 Å². The summed E-state index contributed by atoms with van der Waals surface area (Å²) >= 11 is 0. The molecular formula is C13H24O5. The summed E-state index contributed by atoms with van der Waals surface area (Å²) < 4.78 is 16.3. The minimum Gasteiger partial charge on any atom is -0.465 e. The smallest absolute Gasteiger partial charge is 0.311 e. The minimum absolute atomic E-state index is 0.0959. The van der Waals surface area contributed by atoms with E-state index in [9.17, 15) is 9.90 Å². The van der Waals surface area contributed by atoms with E-state index >= 15 is 0 Å². The summed E-state index contributed by atoms with van der Waals surface area (Å²) in [6, 6.07) is 0. The Balaban J connectivity index is 2.38. The molecule has 0 radical (unpaired) electrons. The summed E-state index contributed by atoms with van der Waals surface area (Å²) in [7, 11) is 0. The molecule has 2 atom stereocenters. The molecule has 106 valence electrons. The molecule has 0 amide bonds. The molecule has 0 spiro atoms. The van der Waals surface area contributed by atoms with Crippen molar-refractivity contribution in [2.45, 2.75) is 59.0 Å². The number of aliphatic hydroxyl groups is 1. The van der Waals surface area contributed by atoms with Gasteiger partial charge in [0.15, 0.2) is 5.79 Å². The van der Waals surface area contributed by atoms with E-state index in [0.717, 1.165) is 0 Å². The third-order valence-corrected chi connectivity index (χ3v) is 2.71. The minimum atomic E-state index is -0.688. The van der Waals surface area contributed by atoms with Gasteiger partial charge >= 0.3 is 5.97 Å². The fraction of sp³-hybridized carbons (Fsp3) is 0.923. The second kappa shape index (κ2) is 5.55. The maximum atomic E-state index is 11.6. The van der Waals surface area contributed by atoms with Gasteiger partial charge in [0.1, 0.15) is 6.10 Å². The van der Waals surface area contributed by atoms with Crippen LogP contribution in [0.1, 0.15) is 41.0 Å². The Morgan fingerprint density at radius 3 is 2.33 bits per heavy atom. The number of aliphatic hydroxyl groups excluding tert-OH is 1. The van der Waals surface area contributed by atoms with Crippen LogP contribution < -0.4 is 0 Å². The van der Waals surface area contributed by atoms with Gasteiger partial charge in [-0.3, -0.25) is 4.79 Å². The van der Waals surface area contributed by atoms with Gasteiger partial charge in [-0.25, -0.2) is 0 Å². The maximum absolute atomic E-state index is 11.6. The second-order valence-corrected chi connectivity index (χ2v) is 6.07. The van der Waals surface area contributed by atoms with E-state index in [2.05, 4.69) is 0 Å². The molecule has 0 aromatic heterocycles. The average molecular weight is 260 g/mol. The number of hydrogen-bond acceptors (Lipinski definition) is 5. The van der Waals surface area contributed by atoms with E-state index in [1.165, 1.54) is 0 Å². The van der Waals surface area contributed by atoms with Gasteiger partial charge < -0.3 is 19.3 Å². The molecule has 5 heteroatoms. The van der Waals surface area contributed by atoms with Crippen LogP contribution in [-0.4, -0.2) is 42.3 Å². The summed E-state index contributed by atoms with van der Waals surface area (Å²) in [5, 5.41) is 9.19. The fourth-order valence-electron chi connectivity index (χ4n) is 1.79. The third-order valence-electron chi connectivity index (χ3n) is 2.71. The van der Waals surface area contributed by atoms with Crippen LogP contribution in [0.3, 0.4) is 0 Å². The van der Waals surface area contributed by atoms with Crippen molar-refractivity contribution in [3.8, 4) is 0 Å². The highest BCUT2D eigenvalue weighted by Gasteiger charge is 2.40. The number of ether oxygens (including phenoxy) is 3. The predicted molar refractivity (Wildman–Crippen MR) is 65.9 cm³/mol. The van der Waals surface area contributed by atoms with E-state index in [4.69, 9.17) is 14.2 Å². The summed E-state index contributed by atoms with van der Waals surface area (Å²) in [5.41, 5.74) is -0.497. The number of hydrogen-bond donors (Lipinski definition) is 1. The highest BCUT2D eigenvalue weighted by atomic mass is 16.8. The Labute approximate surface area is 108 Å². The average Bonchev–Trinajstić information content (AvgIpc) is 2.51. The Kier molecular flexibility index (Phi) is 4.75. The Bertz CT molecular complexity index is 292. The molecule has 18 heavy (non-hydrogen) atoms. The first-order chi connectivity index (χ1) is 8.15. The van der Waals surface area contributed by atoms with Gasteiger partial charge in [-0.05, 0) is 34.6 Å². The van der Waals surface area contributed by atoms with Crippen LogP contribution in [0.5, 0.6) is 0 Å². The Morgan fingerprint density at radius 2 is 1.83 bits per heavy atom. The lowest BCUT2D eigenvalue weighted by molar-refractivity contribution is -0.156. The van der Waals surface area contributed by atoms with Crippen molar-refractivity contribution in [1.29, 1.82) is 0 Å². The zero-order chi connectivity index (χ0) is 14.0. The lowest BCUT2D eigenvalue weighted by Gasteiger charge is -2.19. The molecule has 1 N–H and O–H groups in total. The van der Waals surface area contributed by atoms with Crippen molar-refractivity contribution in [3.63, 3.8) is 0 Å². The number of carbonyl (C=O) groups is 1. The van der Waals surface area contributed by atoms with Gasteiger partial charge in [0.25, 0.3) is 0 Å². The number of carbonyl (C=O) groups excluding carboxylic acids is 1. The molecule has 0 aromatic carbocycles. The molecule has 0 aromatic rings. The Hall–Kier alpha value is -0.650. The molecular weight excluding hydrogens is 236 g/mol. The van der Waals surface area contributed by atoms with E-state index in [-0.39, 0.29) is 31.4 Å². The topological polar surface area (TPSA) is 65.0 Å². The van der Waals surface area contributed by atoms with Crippen molar-refractivity contribution < 1.29 is 24.1 Å². The van der Waals surface area contributed by atoms with E-state index in [0.29, 0.717) is 6.42 Å². The van der Waals surface area contributed by atoms with Gasteiger partial charge in [-0.2, -0.15) is 0 Å². The quantitative estimate of drug-likeness (QED) is 0.776. The summed E-state index contributed by atoms with van der Waals surface area (Å²) in [5.74, 6) is -0.923. The van der Waals surface area contributed by atoms with Crippen LogP contribution in [0.25, 0.3) is 0 Å². The first-order valence-electron chi connectivity index (χ1n) is 6.29. The van der Waals surface area contributed by atoms with Gasteiger partial charge in [-0.1, -0.05) is 0 Å². The third kappa shape index (κ3) is 4.23. The van der Waals surface area contributed by atoms with E-state index in [1.54, 1.807) is 13.8 Å². The zero-order valence-electron chi connectivity index (χ0n) is 11.9. The molecule has 0 aliphatic carbocycles. The molecule has 5 nitrogen and oxygen atoms in total. The van der Waals surface area contributed by atoms with Crippen LogP contribution in [0.4, 0.5) is 0 Å². The standard InChI is InChI=1S/C13H24O5/c1-12(2,3)11(15)16-7-6-9-10(8-14)18-13(4,5)17-9/h9-10,14H,6-8H2,1-5H3/t9-,10?/m0/s1. The SMILES string of the molecule is CC1(C)OC(CO)[C@H](CCOC(=O)C(C)(C)C)O1. The molecule has 1 rings (SSSR count). The molecule has 0 saturated carbocycles. The molecule has 1 aliphatic heterocycles. The van der Waals surface area contributed by atoms with Crippen molar-refractivity contribution in [2.75, 3.05) is 13.2 Å². The Morgan fingerprint density at radius 1 is 1.28 bits per heavy atom. The molecule has 1 unspecified atom stereocenters. The van der Waals surface area contributed by atoms with Crippen LogP contribution in [0.2, 0.25) is 0 Å². The summed E-state index contributed by atoms with van der Waals surface area (Å²) in [4.78, 5) is 11.6. The van der Waals surface area contributed by atoms with E-state index < -0.39 is 11.2 Å². The van der Waals surface area contributed by atoms with Crippen molar-refractivity contribution in [1.82, 2.24) is 0 Å². The number of esters is 1. The number of rotatable bonds is 4. The van der Waals surface area contributed by atoms with E-state index in [1.807, 2.05) is 20.8 Å². The molecule has 1 aliphatic rings. The molecule has 1 saturated heterocycles.